The van der Waals surface area contributed by atoms with Gasteiger partial charge in [-0.15, -0.1) is 10.2 Å². The van der Waals surface area contributed by atoms with E-state index in [9.17, 15) is 4.39 Å². The van der Waals surface area contributed by atoms with Crippen LogP contribution in [0.15, 0.2) is 24.3 Å². The molecule has 0 bridgehead atoms. The average Bonchev–Trinajstić information content (AvgIpc) is 2.73. The van der Waals surface area contributed by atoms with Crippen molar-refractivity contribution in [1.29, 1.82) is 0 Å². The van der Waals surface area contributed by atoms with Crippen LogP contribution in [0, 0.1) is 11.7 Å². The first-order chi connectivity index (χ1) is 8.63. The van der Waals surface area contributed by atoms with Crippen molar-refractivity contribution in [2.75, 3.05) is 5.32 Å². The van der Waals surface area contributed by atoms with Crippen molar-refractivity contribution < 1.29 is 4.39 Å². The Hall–Kier alpha value is -1.49. The summed E-state index contributed by atoms with van der Waals surface area (Å²) in [7, 11) is 0. The number of nitrogens with one attached hydrogen (secondary N) is 1. The second-order valence-electron chi connectivity index (χ2n) is 4.58. The highest BCUT2D eigenvalue weighted by Gasteiger charge is 2.05. The van der Waals surface area contributed by atoms with Crippen molar-refractivity contribution in [1.82, 2.24) is 10.2 Å². The van der Waals surface area contributed by atoms with E-state index >= 15 is 0 Å². The van der Waals surface area contributed by atoms with Crippen LogP contribution in [0.3, 0.4) is 0 Å². The Balaban J connectivity index is 1.92. The van der Waals surface area contributed by atoms with Crippen LogP contribution >= 0.6 is 11.3 Å². The van der Waals surface area contributed by atoms with Crippen molar-refractivity contribution in [2.24, 2.45) is 5.92 Å². The van der Waals surface area contributed by atoms with Crippen LogP contribution in [-0.2, 0) is 13.0 Å². The number of anilines is 1. The Bertz CT molecular complexity index is 510. The molecule has 0 spiro atoms. The van der Waals surface area contributed by atoms with Crippen LogP contribution in [0.25, 0.3) is 0 Å². The van der Waals surface area contributed by atoms with Crippen LogP contribution in [0.5, 0.6) is 0 Å². The van der Waals surface area contributed by atoms with E-state index in [1.165, 1.54) is 12.1 Å². The van der Waals surface area contributed by atoms with Crippen molar-refractivity contribution in [3.63, 3.8) is 0 Å². The number of halogens is 1. The number of rotatable bonds is 5. The van der Waals surface area contributed by atoms with E-state index in [0.717, 1.165) is 22.1 Å². The van der Waals surface area contributed by atoms with E-state index in [4.69, 9.17) is 0 Å². The Kier molecular flexibility index (Phi) is 4.25. The number of hydrogen-bond acceptors (Lipinski definition) is 4. The largest absolute Gasteiger partial charge is 0.356 e. The Labute approximate surface area is 110 Å². The molecular weight excluding hydrogens is 249 g/mol. The molecule has 0 radical (unpaired) electrons. The summed E-state index contributed by atoms with van der Waals surface area (Å²) in [6.45, 7) is 4.87. The molecule has 2 rings (SSSR count). The number of aromatic nitrogens is 2. The van der Waals surface area contributed by atoms with Crippen LogP contribution in [0.4, 0.5) is 9.52 Å². The van der Waals surface area contributed by atoms with E-state index in [1.807, 2.05) is 6.07 Å². The molecule has 1 aromatic heterocycles. The highest BCUT2D eigenvalue weighted by Crippen LogP contribution is 2.19. The first kappa shape index (κ1) is 13.0. The highest BCUT2D eigenvalue weighted by molar-refractivity contribution is 7.15. The molecule has 0 amide bonds. The predicted octanol–water partition coefficient (Wildman–Crippen LogP) is 3.49. The molecule has 2 aromatic rings. The standard InChI is InChI=1S/C13H16FN3S/c1-9(2)6-12-16-17-13(18-12)15-8-10-4-3-5-11(14)7-10/h3-5,7,9H,6,8H2,1-2H3,(H,15,17). The number of benzene rings is 1. The fourth-order valence-corrected chi connectivity index (χ4v) is 2.53. The quantitative estimate of drug-likeness (QED) is 0.899. The lowest BCUT2D eigenvalue weighted by molar-refractivity contribution is 0.626. The van der Waals surface area contributed by atoms with Crippen molar-refractivity contribution in [2.45, 2.75) is 26.8 Å². The summed E-state index contributed by atoms with van der Waals surface area (Å²) in [5.41, 5.74) is 0.899. The van der Waals surface area contributed by atoms with Crippen molar-refractivity contribution in [3.8, 4) is 0 Å². The van der Waals surface area contributed by atoms with Gasteiger partial charge in [-0.1, -0.05) is 37.3 Å². The minimum Gasteiger partial charge on any atom is -0.356 e. The molecule has 3 nitrogen and oxygen atoms in total. The van der Waals surface area contributed by atoms with E-state index in [1.54, 1.807) is 17.4 Å². The molecule has 1 heterocycles. The van der Waals surface area contributed by atoms with E-state index in [2.05, 4.69) is 29.4 Å². The summed E-state index contributed by atoms with van der Waals surface area (Å²) < 4.78 is 13.0. The minimum absolute atomic E-state index is 0.216. The molecule has 0 atom stereocenters. The van der Waals surface area contributed by atoms with Gasteiger partial charge in [0.1, 0.15) is 10.8 Å². The van der Waals surface area contributed by atoms with Crippen LogP contribution in [0.1, 0.15) is 24.4 Å². The van der Waals surface area contributed by atoms with Crippen LogP contribution in [-0.4, -0.2) is 10.2 Å². The zero-order chi connectivity index (χ0) is 13.0. The van der Waals surface area contributed by atoms with Crippen LogP contribution in [0.2, 0.25) is 0 Å². The fraction of sp³-hybridized carbons (Fsp3) is 0.385. The molecule has 96 valence electrons. The predicted molar refractivity (Wildman–Crippen MR) is 72.2 cm³/mol. The molecular formula is C13H16FN3S. The van der Waals surface area contributed by atoms with Gasteiger partial charge in [0.15, 0.2) is 0 Å². The third-order valence-electron chi connectivity index (χ3n) is 2.38. The van der Waals surface area contributed by atoms with Crippen LogP contribution < -0.4 is 5.32 Å². The topological polar surface area (TPSA) is 37.8 Å². The summed E-state index contributed by atoms with van der Waals surface area (Å²) in [6, 6.07) is 6.54. The molecule has 1 N–H and O–H groups in total. The highest BCUT2D eigenvalue weighted by atomic mass is 32.1. The molecule has 5 heteroatoms. The molecule has 0 saturated heterocycles. The SMILES string of the molecule is CC(C)Cc1nnc(NCc2cccc(F)c2)s1. The van der Waals surface area contributed by atoms with Gasteiger partial charge >= 0.3 is 0 Å². The second kappa shape index (κ2) is 5.91. The maximum atomic E-state index is 13.0. The Morgan fingerprint density at radius 3 is 2.89 bits per heavy atom. The summed E-state index contributed by atoms with van der Waals surface area (Å²) in [6.07, 6.45) is 0.944. The first-order valence-electron chi connectivity index (χ1n) is 5.94. The molecule has 18 heavy (non-hydrogen) atoms. The van der Waals surface area contributed by atoms with Gasteiger partial charge in [-0.2, -0.15) is 0 Å². The first-order valence-corrected chi connectivity index (χ1v) is 6.76. The lowest BCUT2D eigenvalue weighted by Crippen LogP contribution is -1.99. The lowest BCUT2D eigenvalue weighted by Gasteiger charge is -2.02. The molecule has 0 aliphatic rings. The summed E-state index contributed by atoms with van der Waals surface area (Å²) in [5, 5.41) is 13.2. The molecule has 0 fully saturated rings. The number of nitrogens with zero attached hydrogens (tertiary/aromatic N) is 2. The molecule has 0 unspecified atom stereocenters. The summed E-state index contributed by atoms with van der Waals surface area (Å²) in [5.74, 6) is 0.362. The van der Waals surface area contributed by atoms with Crippen molar-refractivity contribution in [3.05, 3.63) is 40.7 Å². The van der Waals surface area contributed by atoms with Gasteiger partial charge in [0, 0.05) is 13.0 Å². The normalized spacial score (nSPS) is 10.9. The zero-order valence-electron chi connectivity index (χ0n) is 10.5. The fourth-order valence-electron chi connectivity index (χ4n) is 1.58. The molecule has 0 aliphatic heterocycles. The summed E-state index contributed by atoms with van der Waals surface area (Å²) >= 11 is 1.56. The lowest BCUT2D eigenvalue weighted by atomic mass is 10.1. The van der Waals surface area contributed by atoms with Gasteiger partial charge in [-0.25, -0.2) is 4.39 Å². The monoisotopic (exact) mass is 265 g/mol. The van der Waals surface area contributed by atoms with Gasteiger partial charge in [-0.3, -0.25) is 0 Å². The average molecular weight is 265 g/mol. The third kappa shape index (κ3) is 3.77. The Morgan fingerprint density at radius 2 is 2.17 bits per heavy atom. The third-order valence-corrected chi connectivity index (χ3v) is 3.29. The van der Waals surface area contributed by atoms with Crippen molar-refractivity contribution >= 4 is 16.5 Å². The van der Waals surface area contributed by atoms with Gasteiger partial charge in [0.25, 0.3) is 0 Å². The van der Waals surface area contributed by atoms with E-state index in [0.29, 0.717) is 12.5 Å². The Morgan fingerprint density at radius 1 is 1.33 bits per heavy atom. The molecule has 0 saturated carbocycles. The minimum atomic E-state index is -0.216. The van der Waals surface area contributed by atoms with Gasteiger partial charge in [0.2, 0.25) is 5.13 Å². The maximum absolute atomic E-state index is 13.0. The van der Waals surface area contributed by atoms with Gasteiger partial charge < -0.3 is 5.32 Å². The van der Waals surface area contributed by atoms with E-state index in [-0.39, 0.29) is 5.82 Å². The van der Waals surface area contributed by atoms with Gasteiger partial charge in [-0.05, 0) is 23.6 Å². The maximum Gasteiger partial charge on any atom is 0.205 e. The second-order valence-corrected chi connectivity index (χ2v) is 5.64. The number of hydrogen-bond donors (Lipinski definition) is 1. The van der Waals surface area contributed by atoms with Gasteiger partial charge in [0.05, 0.1) is 0 Å². The summed E-state index contributed by atoms with van der Waals surface area (Å²) in [4.78, 5) is 0. The molecule has 0 aliphatic carbocycles. The zero-order valence-corrected chi connectivity index (χ0v) is 11.3. The van der Waals surface area contributed by atoms with E-state index < -0.39 is 0 Å². The smallest absolute Gasteiger partial charge is 0.205 e. The molecule has 1 aromatic carbocycles.